The number of benzene rings is 4. The van der Waals surface area contributed by atoms with E-state index in [9.17, 15) is 19.2 Å². The smallest absolute Gasteiger partial charge is 0.244 e. The maximum absolute atomic E-state index is 13.9. The predicted octanol–water partition coefficient (Wildman–Crippen LogP) is 6.18. The molecule has 1 aliphatic rings. The van der Waals surface area contributed by atoms with E-state index in [0.717, 1.165) is 34.7 Å². The van der Waals surface area contributed by atoms with Crippen molar-refractivity contribution in [1.82, 2.24) is 20.9 Å². The largest absolute Gasteiger partial charge is 0.348 e. The number of hydrogen-bond acceptors (Lipinski definition) is 5. The van der Waals surface area contributed by atoms with Gasteiger partial charge in [-0.2, -0.15) is 0 Å². The van der Waals surface area contributed by atoms with Crippen molar-refractivity contribution in [2.75, 3.05) is 13.1 Å². The van der Waals surface area contributed by atoms with Crippen molar-refractivity contribution in [2.45, 2.75) is 70.6 Å². The molecule has 0 radical (unpaired) electrons. The second-order valence-electron chi connectivity index (χ2n) is 13.5. The minimum Gasteiger partial charge on any atom is -0.348 e. The fourth-order valence-electron chi connectivity index (χ4n) is 6.42. The van der Waals surface area contributed by atoms with Crippen LogP contribution < -0.4 is 16.0 Å². The molecule has 0 bridgehead atoms. The molecule has 0 aliphatic carbocycles. The minimum absolute atomic E-state index is 0.0161. The number of hydrogen-bond donors (Lipinski definition) is 3. The van der Waals surface area contributed by atoms with Gasteiger partial charge in [-0.15, -0.1) is 0 Å². The summed E-state index contributed by atoms with van der Waals surface area (Å²) in [5.41, 5.74) is 2.52. The Bertz CT molecular complexity index is 1790. The molecule has 260 valence electrons. The molecule has 1 aliphatic heterocycles. The third kappa shape index (κ3) is 9.98. The third-order valence-electron chi connectivity index (χ3n) is 9.39. The van der Waals surface area contributed by atoms with Crippen LogP contribution in [0.5, 0.6) is 0 Å². The minimum atomic E-state index is -0.855. The summed E-state index contributed by atoms with van der Waals surface area (Å²) in [7, 11) is 0. The molecule has 4 atom stereocenters. The number of rotatable bonds is 14. The van der Waals surface area contributed by atoms with E-state index < -0.39 is 18.1 Å². The monoisotopic (exact) mass is 672 g/mol. The highest BCUT2D eigenvalue weighted by atomic mass is 16.2. The number of nitrogens with one attached hydrogen (secondary N) is 3. The summed E-state index contributed by atoms with van der Waals surface area (Å²) in [6.45, 7) is 6.61. The average molecular weight is 673 g/mol. The van der Waals surface area contributed by atoms with Gasteiger partial charge in [0, 0.05) is 24.1 Å². The maximum atomic E-state index is 13.9. The van der Waals surface area contributed by atoms with E-state index in [2.05, 4.69) is 16.0 Å². The van der Waals surface area contributed by atoms with Crippen LogP contribution in [0.3, 0.4) is 0 Å². The number of Topliss-reactive ketones (excluding diaryl/α,β-unsaturated/α-hetero) is 1. The maximum Gasteiger partial charge on any atom is 0.244 e. The van der Waals surface area contributed by atoms with Crippen LogP contribution in [0.1, 0.15) is 67.6 Å². The Hall–Kier alpha value is -5.08. The van der Waals surface area contributed by atoms with Crippen molar-refractivity contribution in [3.05, 3.63) is 132 Å². The van der Waals surface area contributed by atoms with E-state index >= 15 is 0 Å². The van der Waals surface area contributed by atoms with Crippen LogP contribution in [-0.2, 0) is 20.8 Å². The number of amides is 3. The number of piperidine rings is 1. The Morgan fingerprint density at radius 3 is 2.18 bits per heavy atom. The Labute approximate surface area is 295 Å². The normalized spacial score (nSPS) is 16.8. The van der Waals surface area contributed by atoms with Crippen LogP contribution in [0.25, 0.3) is 10.8 Å². The topological polar surface area (TPSA) is 108 Å². The lowest BCUT2D eigenvalue weighted by Gasteiger charge is -2.35. The van der Waals surface area contributed by atoms with Crippen LogP contribution in [0, 0.1) is 5.92 Å². The lowest BCUT2D eigenvalue weighted by atomic mass is 9.98. The average Bonchev–Trinajstić information content (AvgIpc) is 3.13. The number of likely N-dealkylation sites (tertiary alicyclic amines) is 1. The van der Waals surface area contributed by atoms with Gasteiger partial charge in [-0.1, -0.05) is 123 Å². The summed E-state index contributed by atoms with van der Waals surface area (Å²) in [6.07, 6.45) is 5.82. The lowest BCUT2D eigenvalue weighted by Crippen LogP contribution is -2.57. The van der Waals surface area contributed by atoms with E-state index in [1.807, 2.05) is 129 Å². The molecule has 8 heteroatoms. The predicted molar refractivity (Wildman–Crippen MR) is 198 cm³/mol. The molecule has 1 heterocycles. The molecule has 3 N–H and O–H groups in total. The van der Waals surface area contributed by atoms with E-state index in [1.54, 1.807) is 6.08 Å². The van der Waals surface area contributed by atoms with E-state index in [4.69, 9.17) is 0 Å². The third-order valence-corrected chi connectivity index (χ3v) is 9.39. The van der Waals surface area contributed by atoms with E-state index in [1.165, 1.54) is 6.08 Å². The SMILES string of the molecule is CC(C)[C@@H](/C=C/C(=O)N[C@H](C)c1ccccc1)NC(=O)[C@H](Cc1ccccc1)NC(=O)[C@@H]1CCCCN1CC(=O)c1ccc2ccccc2c1. The molecule has 0 aromatic heterocycles. The van der Waals surface area contributed by atoms with Crippen LogP contribution in [0.2, 0.25) is 0 Å². The highest BCUT2D eigenvalue weighted by molar-refractivity contribution is 6.01. The molecule has 1 fully saturated rings. The Morgan fingerprint density at radius 1 is 0.780 bits per heavy atom. The molecule has 0 unspecified atom stereocenters. The molecule has 5 rings (SSSR count). The van der Waals surface area contributed by atoms with Crippen LogP contribution >= 0.6 is 0 Å². The number of carbonyl (C=O) groups excluding carboxylic acids is 4. The van der Waals surface area contributed by atoms with Gasteiger partial charge in [0.2, 0.25) is 17.7 Å². The summed E-state index contributed by atoms with van der Waals surface area (Å²) in [5.74, 6) is -0.914. The van der Waals surface area contributed by atoms with Gasteiger partial charge in [0.15, 0.2) is 5.78 Å². The van der Waals surface area contributed by atoms with E-state index in [0.29, 0.717) is 24.9 Å². The van der Waals surface area contributed by atoms with Gasteiger partial charge in [-0.3, -0.25) is 24.1 Å². The summed E-state index contributed by atoms with van der Waals surface area (Å²) in [6, 6.07) is 30.9. The van der Waals surface area contributed by atoms with Gasteiger partial charge in [-0.25, -0.2) is 0 Å². The zero-order valence-corrected chi connectivity index (χ0v) is 29.2. The Morgan fingerprint density at radius 2 is 1.46 bits per heavy atom. The quantitative estimate of drug-likeness (QED) is 0.110. The van der Waals surface area contributed by atoms with Crippen molar-refractivity contribution in [3.8, 4) is 0 Å². The first-order valence-electron chi connectivity index (χ1n) is 17.6. The standard InChI is InChI=1S/C42H48N4O4/c1-29(2)36(23-24-40(48)43-30(3)32-16-8-5-9-17-32)44-41(49)37(26-31-14-6-4-7-15-31)45-42(50)38-20-12-13-25-46(38)28-39(47)35-22-21-33-18-10-11-19-34(33)27-35/h4-11,14-19,21-24,27,29-30,36-38H,12-13,20,25-26,28H2,1-3H3,(H,43,48)(H,44,49)(H,45,50)/b24-23+/t30-,36-,37+,38+/m1/s1. The summed E-state index contributed by atoms with van der Waals surface area (Å²) >= 11 is 0. The Balaban J connectivity index is 1.27. The number of fused-ring (bicyclic) bond motifs is 1. The fourth-order valence-corrected chi connectivity index (χ4v) is 6.42. The van der Waals surface area contributed by atoms with Crippen LogP contribution in [0.15, 0.2) is 115 Å². The van der Waals surface area contributed by atoms with Crippen molar-refractivity contribution in [1.29, 1.82) is 0 Å². The summed E-state index contributed by atoms with van der Waals surface area (Å²) in [4.78, 5) is 56.1. The van der Waals surface area contributed by atoms with Gasteiger partial charge in [-0.05, 0) is 60.2 Å². The lowest BCUT2D eigenvalue weighted by molar-refractivity contribution is -0.133. The molecule has 50 heavy (non-hydrogen) atoms. The molecule has 1 saturated heterocycles. The summed E-state index contributed by atoms with van der Waals surface area (Å²) < 4.78 is 0. The van der Waals surface area contributed by atoms with Crippen molar-refractivity contribution in [3.63, 3.8) is 0 Å². The highest BCUT2D eigenvalue weighted by Crippen LogP contribution is 2.21. The Kier molecular flexibility index (Phi) is 12.7. The van der Waals surface area contributed by atoms with Gasteiger partial charge >= 0.3 is 0 Å². The number of ketones is 1. The first-order valence-corrected chi connectivity index (χ1v) is 17.6. The molecular formula is C42H48N4O4. The van der Waals surface area contributed by atoms with Crippen molar-refractivity contribution < 1.29 is 19.2 Å². The second kappa shape index (κ2) is 17.5. The van der Waals surface area contributed by atoms with Crippen molar-refractivity contribution in [2.24, 2.45) is 5.92 Å². The number of nitrogens with zero attached hydrogens (tertiary/aromatic N) is 1. The highest BCUT2D eigenvalue weighted by Gasteiger charge is 2.33. The summed E-state index contributed by atoms with van der Waals surface area (Å²) in [5, 5.41) is 11.2. The zero-order valence-electron chi connectivity index (χ0n) is 29.2. The van der Waals surface area contributed by atoms with Crippen LogP contribution in [-0.4, -0.2) is 59.6 Å². The van der Waals surface area contributed by atoms with E-state index in [-0.39, 0.29) is 42.0 Å². The number of carbonyl (C=O) groups is 4. The molecule has 0 saturated carbocycles. The molecular weight excluding hydrogens is 624 g/mol. The fraction of sp³-hybridized carbons (Fsp3) is 0.333. The van der Waals surface area contributed by atoms with Crippen molar-refractivity contribution >= 4 is 34.3 Å². The molecule has 4 aromatic carbocycles. The van der Waals surface area contributed by atoms with Gasteiger partial charge < -0.3 is 16.0 Å². The van der Waals surface area contributed by atoms with Gasteiger partial charge in [0.05, 0.1) is 18.6 Å². The van der Waals surface area contributed by atoms with Crippen LogP contribution in [0.4, 0.5) is 0 Å². The van der Waals surface area contributed by atoms with Gasteiger partial charge in [0.25, 0.3) is 0 Å². The first-order chi connectivity index (χ1) is 24.2. The molecule has 0 spiro atoms. The zero-order chi connectivity index (χ0) is 35.5. The molecule has 8 nitrogen and oxygen atoms in total. The first kappa shape index (κ1) is 36.2. The second-order valence-corrected chi connectivity index (χ2v) is 13.5. The molecule has 3 amide bonds. The van der Waals surface area contributed by atoms with Gasteiger partial charge in [0.1, 0.15) is 6.04 Å². The molecule has 4 aromatic rings.